The van der Waals surface area contributed by atoms with E-state index in [0.717, 1.165) is 44.7 Å². The number of benzene rings is 1. The largest absolute Gasteiger partial charge is 0.354 e. The SMILES string of the molecule is O=C(CCNc1ncccn1)N1CCCN(Cc2ccc(F)cc2)CC1. The van der Waals surface area contributed by atoms with Crippen LogP contribution < -0.4 is 5.32 Å². The number of hydrogen-bond acceptors (Lipinski definition) is 5. The van der Waals surface area contributed by atoms with E-state index in [1.54, 1.807) is 18.5 Å². The quantitative estimate of drug-likeness (QED) is 0.858. The molecular formula is C19H24FN5O. The van der Waals surface area contributed by atoms with Crippen LogP contribution in [0.15, 0.2) is 42.7 Å². The number of anilines is 1. The highest BCUT2D eigenvalue weighted by molar-refractivity contribution is 5.76. The molecule has 6 nitrogen and oxygen atoms in total. The van der Waals surface area contributed by atoms with Crippen molar-refractivity contribution in [1.29, 1.82) is 0 Å². The van der Waals surface area contributed by atoms with Gasteiger partial charge in [0.25, 0.3) is 0 Å². The molecule has 1 aromatic heterocycles. The Morgan fingerprint density at radius 1 is 1.08 bits per heavy atom. The van der Waals surface area contributed by atoms with E-state index in [-0.39, 0.29) is 11.7 Å². The molecular weight excluding hydrogens is 333 g/mol. The maximum Gasteiger partial charge on any atom is 0.224 e. The number of carbonyl (C=O) groups excluding carboxylic acids is 1. The highest BCUT2D eigenvalue weighted by Gasteiger charge is 2.19. The summed E-state index contributed by atoms with van der Waals surface area (Å²) in [6.45, 7) is 4.59. The van der Waals surface area contributed by atoms with Crippen LogP contribution in [0.2, 0.25) is 0 Å². The van der Waals surface area contributed by atoms with E-state index in [2.05, 4.69) is 20.2 Å². The van der Waals surface area contributed by atoms with Crippen molar-refractivity contribution in [2.75, 3.05) is 38.0 Å². The Morgan fingerprint density at radius 3 is 2.62 bits per heavy atom. The van der Waals surface area contributed by atoms with E-state index >= 15 is 0 Å². The Kier molecular flexibility index (Phi) is 6.49. The average molecular weight is 357 g/mol. The molecule has 0 radical (unpaired) electrons. The molecule has 1 N–H and O–H groups in total. The number of aromatic nitrogens is 2. The van der Waals surface area contributed by atoms with Gasteiger partial charge in [-0.1, -0.05) is 12.1 Å². The van der Waals surface area contributed by atoms with Crippen LogP contribution in [0.1, 0.15) is 18.4 Å². The van der Waals surface area contributed by atoms with Gasteiger partial charge >= 0.3 is 0 Å². The van der Waals surface area contributed by atoms with Gasteiger partial charge in [-0.15, -0.1) is 0 Å². The van der Waals surface area contributed by atoms with Crippen LogP contribution >= 0.6 is 0 Å². The van der Waals surface area contributed by atoms with Crippen LogP contribution in [0.25, 0.3) is 0 Å². The van der Waals surface area contributed by atoms with Crippen molar-refractivity contribution in [2.24, 2.45) is 0 Å². The van der Waals surface area contributed by atoms with E-state index in [0.29, 0.717) is 18.9 Å². The molecule has 1 aliphatic heterocycles. The molecule has 1 saturated heterocycles. The van der Waals surface area contributed by atoms with Gasteiger partial charge in [0.05, 0.1) is 0 Å². The summed E-state index contributed by atoms with van der Waals surface area (Å²) in [4.78, 5) is 24.8. The molecule has 2 aromatic rings. The lowest BCUT2D eigenvalue weighted by Crippen LogP contribution is -2.35. The highest BCUT2D eigenvalue weighted by atomic mass is 19.1. The molecule has 0 aliphatic carbocycles. The summed E-state index contributed by atoms with van der Waals surface area (Å²) in [5.74, 6) is 0.481. The summed E-state index contributed by atoms with van der Waals surface area (Å²) in [5.41, 5.74) is 1.10. The zero-order valence-corrected chi connectivity index (χ0v) is 14.8. The van der Waals surface area contributed by atoms with Gasteiger partial charge in [-0.25, -0.2) is 14.4 Å². The molecule has 7 heteroatoms. The van der Waals surface area contributed by atoms with Crippen molar-refractivity contribution in [3.05, 3.63) is 54.1 Å². The normalized spacial score (nSPS) is 15.5. The second-order valence-electron chi connectivity index (χ2n) is 6.39. The third kappa shape index (κ3) is 5.49. The smallest absolute Gasteiger partial charge is 0.224 e. The number of carbonyl (C=O) groups is 1. The Bertz CT molecular complexity index is 695. The zero-order valence-electron chi connectivity index (χ0n) is 14.8. The topological polar surface area (TPSA) is 61.4 Å². The second kappa shape index (κ2) is 9.24. The summed E-state index contributed by atoms with van der Waals surface area (Å²) < 4.78 is 13.0. The van der Waals surface area contributed by atoms with Crippen LogP contribution in [0.5, 0.6) is 0 Å². The summed E-state index contributed by atoms with van der Waals surface area (Å²) in [6.07, 6.45) is 4.71. The first-order valence-electron chi connectivity index (χ1n) is 8.96. The average Bonchev–Trinajstić information content (AvgIpc) is 2.90. The van der Waals surface area contributed by atoms with Crippen LogP contribution in [0.3, 0.4) is 0 Å². The summed E-state index contributed by atoms with van der Waals surface area (Å²) >= 11 is 0. The standard InChI is InChI=1S/C19H24FN5O/c20-17-5-3-16(4-6-17)15-24-11-2-12-25(14-13-24)18(26)7-10-23-19-21-8-1-9-22-19/h1,3-6,8-9H,2,7,10-15H2,(H,21,22,23). The number of halogens is 1. The first-order chi connectivity index (χ1) is 12.7. The van der Waals surface area contributed by atoms with Crippen molar-refractivity contribution in [1.82, 2.24) is 19.8 Å². The Balaban J connectivity index is 1.42. The Hall–Kier alpha value is -2.54. The van der Waals surface area contributed by atoms with Gasteiger partial charge in [-0.05, 0) is 30.2 Å². The molecule has 1 fully saturated rings. The van der Waals surface area contributed by atoms with Crippen LogP contribution in [-0.2, 0) is 11.3 Å². The second-order valence-corrected chi connectivity index (χ2v) is 6.39. The molecule has 0 atom stereocenters. The number of amides is 1. The molecule has 0 unspecified atom stereocenters. The lowest BCUT2D eigenvalue weighted by atomic mass is 10.2. The molecule has 1 amide bonds. The highest BCUT2D eigenvalue weighted by Crippen LogP contribution is 2.11. The van der Waals surface area contributed by atoms with Crippen molar-refractivity contribution in [2.45, 2.75) is 19.4 Å². The lowest BCUT2D eigenvalue weighted by molar-refractivity contribution is -0.130. The minimum absolute atomic E-state index is 0.150. The van der Waals surface area contributed by atoms with Gasteiger partial charge in [0.1, 0.15) is 5.82 Å². The molecule has 0 spiro atoms. The molecule has 138 valence electrons. The fourth-order valence-corrected chi connectivity index (χ4v) is 3.06. The molecule has 0 bridgehead atoms. The predicted octanol–water partition coefficient (Wildman–Crippen LogP) is 2.15. The van der Waals surface area contributed by atoms with Gasteiger partial charge in [0.15, 0.2) is 0 Å². The van der Waals surface area contributed by atoms with Gasteiger partial charge in [-0.3, -0.25) is 9.69 Å². The molecule has 1 aromatic carbocycles. The predicted molar refractivity (Wildman–Crippen MR) is 98.0 cm³/mol. The van der Waals surface area contributed by atoms with Crippen molar-refractivity contribution < 1.29 is 9.18 Å². The van der Waals surface area contributed by atoms with Crippen molar-refractivity contribution in [3.8, 4) is 0 Å². The van der Waals surface area contributed by atoms with Crippen molar-refractivity contribution in [3.63, 3.8) is 0 Å². The molecule has 2 heterocycles. The monoisotopic (exact) mass is 357 g/mol. The number of nitrogens with one attached hydrogen (secondary N) is 1. The van der Waals surface area contributed by atoms with Crippen molar-refractivity contribution >= 4 is 11.9 Å². The maximum absolute atomic E-state index is 13.0. The van der Waals surface area contributed by atoms with Gasteiger partial charge in [-0.2, -0.15) is 0 Å². The minimum Gasteiger partial charge on any atom is -0.354 e. The number of nitrogens with zero attached hydrogens (tertiary/aromatic N) is 4. The molecule has 26 heavy (non-hydrogen) atoms. The van der Waals surface area contributed by atoms with Gasteiger partial charge < -0.3 is 10.2 Å². The van der Waals surface area contributed by atoms with Gasteiger partial charge in [0.2, 0.25) is 11.9 Å². The maximum atomic E-state index is 13.0. The first-order valence-corrected chi connectivity index (χ1v) is 8.96. The first kappa shape index (κ1) is 18.3. The van der Waals surface area contributed by atoms with E-state index in [9.17, 15) is 9.18 Å². The molecule has 1 aliphatic rings. The lowest BCUT2D eigenvalue weighted by Gasteiger charge is -2.22. The van der Waals surface area contributed by atoms with Crippen LogP contribution in [-0.4, -0.2) is 58.4 Å². The Morgan fingerprint density at radius 2 is 1.85 bits per heavy atom. The van der Waals surface area contributed by atoms with E-state index in [1.165, 1.54) is 12.1 Å². The third-order valence-corrected chi connectivity index (χ3v) is 4.45. The summed E-state index contributed by atoms with van der Waals surface area (Å²) in [6, 6.07) is 8.38. The summed E-state index contributed by atoms with van der Waals surface area (Å²) in [5, 5.41) is 3.07. The summed E-state index contributed by atoms with van der Waals surface area (Å²) in [7, 11) is 0. The molecule has 3 rings (SSSR count). The van der Waals surface area contributed by atoms with Crippen LogP contribution in [0, 0.1) is 5.82 Å². The zero-order chi connectivity index (χ0) is 18.2. The van der Waals surface area contributed by atoms with E-state index < -0.39 is 0 Å². The number of rotatable bonds is 6. The Labute approximate surface area is 153 Å². The van der Waals surface area contributed by atoms with E-state index in [1.807, 2.05) is 17.0 Å². The number of hydrogen-bond donors (Lipinski definition) is 1. The fourth-order valence-electron chi connectivity index (χ4n) is 3.06. The minimum atomic E-state index is -0.212. The molecule has 0 saturated carbocycles. The van der Waals surface area contributed by atoms with Gasteiger partial charge in [0, 0.05) is 58.1 Å². The fraction of sp³-hybridized carbons (Fsp3) is 0.421. The third-order valence-electron chi connectivity index (χ3n) is 4.45. The van der Waals surface area contributed by atoms with Crippen LogP contribution in [0.4, 0.5) is 10.3 Å². The van der Waals surface area contributed by atoms with E-state index in [4.69, 9.17) is 0 Å².